The first-order valence-electron chi connectivity index (χ1n) is 6.86. The van der Waals surface area contributed by atoms with E-state index in [1.165, 1.54) is 7.11 Å². The number of methoxy groups -OCH3 is 1. The number of aryl methyl sites for hydroxylation is 1. The molecule has 0 aromatic heterocycles. The Labute approximate surface area is 131 Å². The predicted molar refractivity (Wildman–Crippen MR) is 82.8 cm³/mol. The first-order chi connectivity index (χ1) is 9.70. The summed E-state index contributed by atoms with van der Waals surface area (Å²) in [5, 5.41) is 3.23. The van der Waals surface area contributed by atoms with Gasteiger partial charge in [-0.3, -0.25) is 4.79 Å². The van der Waals surface area contributed by atoms with Crippen LogP contribution in [0.2, 0.25) is 0 Å². The Kier molecular flexibility index (Phi) is 7.19. The summed E-state index contributed by atoms with van der Waals surface area (Å²) in [4.78, 5) is 25.2. The van der Waals surface area contributed by atoms with Crippen LogP contribution < -0.4 is 5.32 Å². The standard InChI is InChI=1S/C15H20N2O3.ClH/c1-20-15(19)13-5-2-12(3-6-13)4-7-14(18)17-10-8-16-9-11-17;/h2-3,5-6,16H,4,7-11H2,1H3;1H. The summed E-state index contributed by atoms with van der Waals surface area (Å²) in [6.45, 7) is 3.33. The van der Waals surface area contributed by atoms with E-state index >= 15 is 0 Å². The molecule has 1 N–H and O–H groups in total. The quantitative estimate of drug-likeness (QED) is 0.850. The molecule has 0 radical (unpaired) electrons. The molecule has 0 spiro atoms. The van der Waals surface area contributed by atoms with Gasteiger partial charge in [0.1, 0.15) is 0 Å². The van der Waals surface area contributed by atoms with Crippen LogP contribution in [0, 0.1) is 0 Å². The number of nitrogens with zero attached hydrogens (tertiary/aromatic N) is 1. The van der Waals surface area contributed by atoms with Crippen molar-refractivity contribution in [3.8, 4) is 0 Å². The number of piperazine rings is 1. The van der Waals surface area contributed by atoms with Gasteiger partial charge < -0.3 is 15.0 Å². The molecular weight excluding hydrogens is 292 g/mol. The number of hydrogen-bond donors (Lipinski definition) is 1. The number of halogens is 1. The molecule has 5 nitrogen and oxygen atoms in total. The van der Waals surface area contributed by atoms with Crippen molar-refractivity contribution < 1.29 is 14.3 Å². The van der Waals surface area contributed by atoms with E-state index in [-0.39, 0.29) is 24.3 Å². The number of benzene rings is 1. The van der Waals surface area contributed by atoms with Crippen molar-refractivity contribution in [1.82, 2.24) is 10.2 Å². The largest absolute Gasteiger partial charge is 0.465 e. The van der Waals surface area contributed by atoms with Gasteiger partial charge >= 0.3 is 5.97 Å². The molecule has 1 fully saturated rings. The number of hydrogen-bond acceptors (Lipinski definition) is 4. The summed E-state index contributed by atoms with van der Waals surface area (Å²) in [5.41, 5.74) is 1.59. The monoisotopic (exact) mass is 312 g/mol. The van der Waals surface area contributed by atoms with Crippen molar-refractivity contribution in [2.75, 3.05) is 33.3 Å². The Balaban J connectivity index is 0.00000220. The molecule has 0 bridgehead atoms. The van der Waals surface area contributed by atoms with Crippen LogP contribution in [-0.4, -0.2) is 50.1 Å². The summed E-state index contributed by atoms with van der Waals surface area (Å²) in [6, 6.07) is 7.21. The van der Waals surface area contributed by atoms with Crippen LogP contribution in [0.25, 0.3) is 0 Å². The van der Waals surface area contributed by atoms with E-state index in [1.54, 1.807) is 12.1 Å². The molecule has 21 heavy (non-hydrogen) atoms. The minimum atomic E-state index is -0.339. The summed E-state index contributed by atoms with van der Waals surface area (Å²) < 4.78 is 4.65. The van der Waals surface area contributed by atoms with Gasteiger partial charge in [-0.1, -0.05) is 12.1 Å². The van der Waals surface area contributed by atoms with Crippen molar-refractivity contribution in [3.05, 3.63) is 35.4 Å². The van der Waals surface area contributed by atoms with Gasteiger partial charge in [-0.05, 0) is 24.1 Å². The van der Waals surface area contributed by atoms with Crippen molar-refractivity contribution >= 4 is 24.3 Å². The topological polar surface area (TPSA) is 58.6 Å². The number of carbonyl (C=O) groups excluding carboxylic acids is 2. The van der Waals surface area contributed by atoms with Gasteiger partial charge in [0.25, 0.3) is 0 Å². The lowest BCUT2D eigenvalue weighted by atomic mass is 10.1. The second-order valence-corrected chi connectivity index (χ2v) is 4.82. The SMILES string of the molecule is COC(=O)c1ccc(CCC(=O)N2CCNCC2)cc1.Cl. The average Bonchev–Trinajstić information content (AvgIpc) is 2.53. The lowest BCUT2D eigenvalue weighted by molar-refractivity contribution is -0.131. The number of nitrogens with one attached hydrogen (secondary N) is 1. The van der Waals surface area contributed by atoms with Gasteiger partial charge in [0.15, 0.2) is 0 Å². The first-order valence-corrected chi connectivity index (χ1v) is 6.86. The molecule has 1 aromatic rings. The fourth-order valence-electron chi connectivity index (χ4n) is 2.25. The van der Waals surface area contributed by atoms with E-state index in [9.17, 15) is 9.59 Å². The molecule has 116 valence electrons. The number of rotatable bonds is 4. The molecular formula is C15H21ClN2O3. The van der Waals surface area contributed by atoms with Gasteiger partial charge in [-0.2, -0.15) is 0 Å². The van der Waals surface area contributed by atoms with Gasteiger partial charge in [0.05, 0.1) is 12.7 Å². The molecule has 1 amide bonds. The van der Waals surface area contributed by atoms with Crippen LogP contribution in [-0.2, 0) is 16.0 Å². The zero-order chi connectivity index (χ0) is 14.4. The van der Waals surface area contributed by atoms with E-state index in [4.69, 9.17) is 0 Å². The highest BCUT2D eigenvalue weighted by molar-refractivity contribution is 5.89. The summed E-state index contributed by atoms with van der Waals surface area (Å²) in [7, 11) is 1.36. The number of ether oxygens (including phenoxy) is 1. The normalized spacial score (nSPS) is 14.2. The molecule has 0 saturated carbocycles. The smallest absolute Gasteiger partial charge is 0.337 e. The Hall–Kier alpha value is -1.59. The van der Waals surface area contributed by atoms with Gasteiger partial charge in [-0.15, -0.1) is 12.4 Å². The number of esters is 1. The minimum absolute atomic E-state index is 0. The van der Waals surface area contributed by atoms with E-state index < -0.39 is 0 Å². The second kappa shape index (κ2) is 8.64. The molecule has 0 unspecified atom stereocenters. The lowest BCUT2D eigenvalue weighted by Gasteiger charge is -2.27. The van der Waals surface area contributed by atoms with E-state index in [1.807, 2.05) is 17.0 Å². The zero-order valence-corrected chi connectivity index (χ0v) is 12.9. The van der Waals surface area contributed by atoms with Gasteiger partial charge in [0, 0.05) is 32.6 Å². The fourth-order valence-corrected chi connectivity index (χ4v) is 2.25. The van der Waals surface area contributed by atoms with Gasteiger partial charge in [0.2, 0.25) is 5.91 Å². The van der Waals surface area contributed by atoms with E-state index in [0.29, 0.717) is 18.4 Å². The molecule has 1 aromatic carbocycles. The zero-order valence-electron chi connectivity index (χ0n) is 12.1. The summed E-state index contributed by atoms with van der Waals surface area (Å²) in [6.07, 6.45) is 1.21. The van der Waals surface area contributed by atoms with Crippen LogP contribution in [0.3, 0.4) is 0 Å². The van der Waals surface area contributed by atoms with Crippen LogP contribution in [0.15, 0.2) is 24.3 Å². The van der Waals surface area contributed by atoms with Crippen LogP contribution in [0.4, 0.5) is 0 Å². The molecule has 1 aliphatic heterocycles. The van der Waals surface area contributed by atoms with Crippen molar-refractivity contribution in [2.24, 2.45) is 0 Å². The minimum Gasteiger partial charge on any atom is -0.465 e. The second-order valence-electron chi connectivity index (χ2n) is 4.82. The molecule has 1 aliphatic rings. The number of amides is 1. The lowest BCUT2D eigenvalue weighted by Crippen LogP contribution is -2.46. The molecule has 2 rings (SSSR count). The molecule has 0 aliphatic carbocycles. The Morgan fingerprint density at radius 3 is 2.38 bits per heavy atom. The fraction of sp³-hybridized carbons (Fsp3) is 0.467. The molecule has 1 saturated heterocycles. The highest BCUT2D eigenvalue weighted by Gasteiger charge is 2.15. The highest BCUT2D eigenvalue weighted by Crippen LogP contribution is 2.09. The van der Waals surface area contributed by atoms with E-state index in [0.717, 1.165) is 31.7 Å². The van der Waals surface area contributed by atoms with Gasteiger partial charge in [-0.25, -0.2) is 4.79 Å². The maximum absolute atomic E-state index is 12.0. The molecule has 6 heteroatoms. The predicted octanol–water partition coefficient (Wildman–Crippen LogP) is 1.26. The van der Waals surface area contributed by atoms with Crippen molar-refractivity contribution in [3.63, 3.8) is 0 Å². The van der Waals surface area contributed by atoms with Crippen molar-refractivity contribution in [1.29, 1.82) is 0 Å². The Morgan fingerprint density at radius 2 is 1.81 bits per heavy atom. The van der Waals surface area contributed by atoms with E-state index in [2.05, 4.69) is 10.1 Å². The summed E-state index contributed by atoms with van der Waals surface area (Å²) in [5.74, 6) is -0.142. The average molecular weight is 313 g/mol. The Bertz CT molecular complexity index is 470. The third-order valence-corrected chi connectivity index (χ3v) is 3.47. The third kappa shape index (κ3) is 5.02. The Morgan fingerprint density at radius 1 is 1.19 bits per heavy atom. The third-order valence-electron chi connectivity index (χ3n) is 3.47. The number of carbonyl (C=O) groups is 2. The van der Waals surface area contributed by atoms with Crippen LogP contribution >= 0.6 is 12.4 Å². The summed E-state index contributed by atoms with van der Waals surface area (Å²) >= 11 is 0. The molecule has 1 heterocycles. The first kappa shape index (κ1) is 17.5. The van der Waals surface area contributed by atoms with Crippen LogP contribution in [0.5, 0.6) is 0 Å². The molecule has 0 atom stereocenters. The highest BCUT2D eigenvalue weighted by atomic mass is 35.5. The maximum atomic E-state index is 12.0. The van der Waals surface area contributed by atoms with Crippen molar-refractivity contribution in [2.45, 2.75) is 12.8 Å². The maximum Gasteiger partial charge on any atom is 0.337 e. The van der Waals surface area contributed by atoms with Crippen LogP contribution in [0.1, 0.15) is 22.3 Å².